The molecule has 4 aromatic rings. The summed E-state index contributed by atoms with van der Waals surface area (Å²) in [6.07, 6.45) is 4.03. The predicted molar refractivity (Wildman–Crippen MR) is 181 cm³/mol. The summed E-state index contributed by atoms with van der Waals surface area (Å²) in [5.74, 6) is -1.40. The van der Waals surface area contributed by atoms with E-state index >= 15 is 0 Å². The number of rotatable bonds is 11. The molecule has 266 valence electrons. The fraction of sp³-hybridized carbons (Fsp3) is 0.242. The number of esters is 2. The van der Waals surface area contributed by atoms with E-state index in [1.165, 1.54) is 42.7 Å². The largest absolute Gasteiger partial charge is 1.00 e. The van der Waals surface area contributed by atoms with Gasteiger partial charge in [0.25, 0.3) is 6.47 Å². The van der Waals surface area contributed by atoms with E-state index in [9.17, 15) is 18.4 Å². The number of halogens is 5. The average Bonchev–Trinajstić information content (AvgIpc) is 3.06. The molecule has 11 nitrogen and oxygen atoms in total. The van der Waals surface area contributed by atoms with Gasteiger partial charge in [-0.1, -0.05) is 59.1 Å². The summed E-state index contributed by atoms with van der Waals surface area (Å²) in [5.41, 5.74) is 8.22. The number of carbonyl (C=O) groups is 3. The van der Waals surface area contributed by atoms with Gasteiger partial charge in [-0.15, -0.1) is 0 Å². The number of hydrogen-bond donors (Lipinski definition) is 2. The molecule has 2 aromatic heterocycles. The van der Waals surface area contributed by atoms with E-state index in [0.29, 0.717) is 37.4 Å². The number of carbonyl (C=O) groups excluding carboxylic acids is 3. The summed E-state index contributed by atoms with van der Waals surface area (Å²) in [6.45, 7) is 4.95. The molecule has 18 heteroatoms. The van der Waals surface area contributed by atoms with Crippen LogP contribution in [0.1, 0.15) is 47.1 Å². The van der Waals surface area contributed by atoms with Gasteiger partial charge in [0.15, 0.2) is 0 Å². The molecule has 0 spiro atoms. The first-order chi connectivity index (χ1) is 23.5. The molecule has 0 unspecified atom stereocenters. The van der Waals surface area contributed by atoms with Crippen molar-refractivity contribution in [1.82, 2.24) is 9.97 Å². The summed E-state index contributed by atoms with van der Waals surface area (Å²) in [6, 6.07) is 15.9. The molecule has 0 aliphatic rings. The van der Waals surface area contributed by atoms with Gasteiger partial charge >= 0.3 is 115 Å². The number of hydrogen-bond acceptors (Lipinski definition) is 11. The van der Waals surface area contributed by atoms with Crippen LogP contribution in [0.25, 0.3) is 0 Å². The second kappa shape index (κ2) is 31.2. The number of nitrogens with one attached hydrogen (secondary N) is 1. The molecule has 0 atom stereocenters. The second-order valence-electron chi connectivity index (χ2n) is 9.15. The first-order valence-electron chi connectivity index (χ1n) is 14.4. The van der Waals surface area contributed by atoms with Crippen LogP contribution in [0.5, 0.6) is 0 Å². The fourth-order valence-electron chi connectivity index (χ4n) is 3.61. The normalized spacial score (nSPS) is 9.27. The van der Waals surface area contributed by atoms with Crippen LogP contribution in [0.4, 0.5) is 14.5 Å². The number of ether oxygens (including phenoxy) is 2. The number of nitrogens with two attached hydrogens (primary N) is 1. The second-order valence-corrected chi connectivity index (χ2v) is 10.3. The smallest absolute Gasteiger partial charge is 1.00 e. The maximum absolute atomic E-state index is 13.1. The van der Waals surface area contributed by atoms with Gasteiger partial charge in [0.1, 0.15) is 27.5 Å². The van der Waals surface area contributed by atoms with Gasteiger partial charge in [0.05, 0.1) is 29.5 Å². The van der Waals surface area contributed by atoms with E-state index < -0.39 is 11.9 Å². The number of aromatic nitrogens is 2. The Bertz CT molecular complexity index is 1640. The zero-order valence-electron chi connectivity index (χ0n) is 29.5. The van der Waals surface area contributed by atoms with Crippen molar-refractivity contribution in [3.05, 3.63) is 122 Å². The fourth-order valence-corrected chi connectivity index (χ4v) is 4.21. The molecule has 0 saturated heterocycles. The predicted octanol–water partition coefficient (Wildman–Crippen LogP) is 0.153. The molecule has 3 N–H and O–H groups in total. The third-order valence-electron chi connectivity index (χ3n) is 5.66. The van der Waals surface area contributed by atoms with Crippen LogP contribution in [0.3, 0.4) is 0 Å². The first kappa shape index (κ1) is 52.0. The van der Waals surface area contributed by atoms with Crippen LogP contribution in [0.2, 0.25) is 15.3 Å². The molecular formula is C33H35Cl3F2K2N4O7. The van der Waals surface area contributed by atoms with Crippen molar-refractivity contribution in [3.8, 4) is 0 Å². The van der Waals surface area contributed by atoms with E-state index in [-0.39, 0.29) is 150 Å². The first-order valence-corrected chi connectivity index (χ1v) is 15.6. The molecule has 2 heterocycles. The Balaban J connectivity index is -0.000000686. The summed E-state index contributed by atoms with van der Waals surface area (Å²) < 4.78 is 35.3. The van der Waals surface area contributed by atoms with E-state index in [0.717, 1.165) is 17.5 Å². The van der Waals surface area contributed by atoms with Crippen molar-refractivity contribution in [2.75, 3.05) is 31.6 Å². The van der Waals surface area contributed by atoms with Crippen LogP contribution in [-0.4, -0.2) is 54.7 Å². The molecule has 0 aliphatic carbocycles. The summed E-state index contributed by atoms with van der Waals surface area (Å²) >= 11 is 17.1. The standard InChI is InChI=1S/C16H16ClFN2O2.C8H7Cl2NO2.C8H10FN.CH2O3.2K.H/c1-2-22-16(21)13-10-20-15(17)9-14(13)19-7-6-11-4-3-5-12(18)8-11;1-2-13-8(12)5-4-11-7(10)3-6(5)9;9-8-3-1-2-7(6-8)4-5-10;2-1-4-3;;;/h3-5,8-10H,2,6-7H2,1H3,(H,19,20);3-4H,2H2,1H3;1-3,6H,4-5,10H2;1,3H;;;/q;;;;2*+1;-1/p-1. The van der Waals surface area contributed by atoms with E-state index in [2.05, 4.69) is 20.2 Å². The summed E-state index contributed by atoms with van der Waals surface area (Å²) in [5, 5.41) is 12.3. The van der Waals surface area contributed by atoms with Gasteiger partial charge in [-0.3, -0.25) is 4.79 Å². The van der Waals surface area contributed by atoms with Crippen molar-refractivity contribution in [2.24, 2.45) is 5.73 Å². The third-order valence-corrected chi connectivity index (χ3v) is 6.39. The average molecular weight is 822 g/mol. The Kier molecular flexibility index (Phi) is 31.8. The number of anilines is 1. The maximum Gasteiger partial charge on any atom is 1.00 e. The molecule has 0 fully saturated rings. The van der Waals surface area contributed by atoms with E-state index in [4.69, 9.17) is 60.1 Å². The van der Waals surface area contributed by atoms with Gasteiger partial charge in [-0.05, 0) is 80.8 Å². The molecule has 0 amide bonds. The number of nitrogens with zero attached hydrogens (tertiary/aromatic N) is 2. The zero-order valence-corrected chi connectivity index (χ0v) is 37.0. The molecule has 2 aromatic carbocycles. The summed E-state index contributed by atoms with van der Waals surface area (Å²) in [7, 11) is 0. The third kappa shape index (κ3) is 22.6. The van der Waals surface area contributed by atoms with Gasteiger partial charge in [-0.2, -0.15) is 0 Å². The topological polar surface area (TPSA) is 166 Å². The molecule has 0 radical (unpaired) electrons. The Morgan fingerprint density at radius 3 is 1.76 bits per heavy atom. The van der Waals surface area contributed by atoms with E-state index in [1.807, 2.05) is 12.1 Å². The Morgan fingerprint density at radius 2 is 1.31 bits per heavy atom. The zero-order chi connectivity index (χ0) is 36.6. The maximum atomic E-state index is 13.1. The van der Waals surface area contributed by atoms with Gasteiger partial charge in [-0.25, -0.2) is 28.3 Å². The molecular weight excluding hydrogens is 787 g/mol. The van der Waals surface area contributed by atoms with E-state index in [1.54, 1.807) is 32.0 Å². The minimum atomic E-state index is -0.489. The van der Waals surface area contributed by atoms with Crippen molar-refractivity contribution in [1.29, 1.82) is 0 Å². The van der Waals surface area contributed by atoms with Crippen molar-refractivity contribution >= 4 is 58.9 Å². The molecule has 51 heavy (non-hydrogen) atoms. The monoisotopic (exact) mass is 820 g/mol. The van der Waals surface area contributed by atoms with Crippen LogP contribution >= 0.6 is 34.8 Å². The molecule has 0 aliphatic heterocycles. The molecule has 4 rings (SSSR count). The number of pyridine rings is 2. The van der Waals surface area contributed by atoms with Gasteiger partial charge in [0, 0.05) is 18.9 Å². The van der Waals surface area contributed by atoms with Gasteiger partial charge < -0.3 is 32.1 Å². The Morgan fingerprint density at radius 1 is 0.843 bits per heavy atom. The van der Waals surface area contributed by atoms with Crippen LogP contribution in [0, 0.1) is 11.6 Å². The Labute approximate surface area is 396 Å². The minimum absolute atomic E-state index is 0. The van der Waals surface area contributed by atoms with Crippen LogP contribution < -0.4 is 119 Å². The van der Waals surface area contributed by atoms with Crippen molar-refractivity contribution in [3.63, 3.8) is 0 Å². The van der Waals surface area contributed by atoms with Crippen LogP contribution in [0.15, 0.2) is 73.1 Å². The minimum Gasteiger partial charge on any atom is -1.00 e. The Hall–Kier alpha value is -1.13. The van der Waals surface area contributed by atoms with Crippen molar-refractivity contribution < 1.29 is 147 Å². The summed E-state index contributed by atoms with van der Waals surface area (Å²) in [4.78, 5) is 41.9. The number of benzene rings is 2. The van der Waals surface area contributed by atoms with Crippen molar-refractivity contribution in [2.45, 2.75) is 26.7 Å². The van der Waals surface area contributed by atoms with Gasteiger partial charge in [0.2, 0.25) is 0 Å². The SMILES string of the molecule is CCOC(=O)c1cnc(Cl)cc1Cl.CCOC(=O)c1cnc(Cl)cc1NCCc1cccc(F)c1.NCCc1cccc(F)c1.O=CO[O-].[H-].[K+].[K+]. The quantitative estimate of drug-likeness (QED) is 0.0529. The van der Waals surface area contributed by atoms with Crippen LogP contribution in [-0.2, 0) is 32.0 Å². The molecule has 0 bridgehead atoms. The molecule has 0 saturated carbocycles.